The molecule has 0 spiro atoms. The second kappa shape index (κ2) is 6.95. The summed E-state index contributed by atoms with van der Waals surface area (Å²) >= 11 is 4.73. The lowest BCUT2D eigenvalue weighted by molar-refractivity contribution is -0.384. The van der Waals surface area contributed by atoms with Crippen molar-refractivity contribution >= 4 is 46.6 Å². The molecule has 1 aromatic carbocycles. The van der Waals surface area contributed by atoms with Gasteiger partial charge in [-0.05, 0) is 29.9 Å². The average molecular weight is 362 g/mol. The molecule has 0 bridgehead atoms. The molecule has 2 fully saturated rings. The van der Waals surface area contributed by atoms with Gasteiger partial charge < -0.3 is 9.64 Å². The number of carbonyl (C=O) groups excluding carboxylic acids is 2. The van der Waals surface area contributed by atoms with Crippen LogP contribution < -0.4 is 15.5 Å². The normalized spacial score (nSPS) is 17.8. The molecule has 0 atom stereocenters. The molecule has 0 aliphatic carbocycles. The van der Waals surface area contributed by atoms with Gasteiger partial charge in [0.05, 0.1) is 18.1 Å². The van der Waals surface area contributed by atoms with Gasteiger partial charge in [-0.3, -0.25) is 30.3 Å². The van der Waals surface area contributed by atoms with Gasteiger partial charge >= 0.3 is 0 Å². The van der Waals surface area contributed by atoms with E-state index < -0.39 is 16.7 Å². The van der Waals surface area contributed by atoms with Crippen LogP contribution in [-0.4, -0.2) is 48.2 Å². The van der Waals surface area contributed by atoms with E-state index in [-0.39, 0.29) is 16.4 Å². The highest BCUT2D eigenvalue weighted by Gasteiger charge is 2.27. The lowest BCUT2D eigenvalue weighted by Gasteiger charge is -2.28. The molecule has 2 aliphatic heterocycles. The van der Waals surface area contributed by atoms with E-state index in [1.165, 1.54) is 12.1 Å². The van der Waals surface area contributed by atoms with Gasteiger partial charge in [0.25, 0.3) is 17.5 Å². The fourth-order valence-electron chi connectivity index (χ4n) is 2.62. The fraction of sp³-hybridized carbons (Fsp3) is 0.267. The highest BCUT2D eigenvalue weighted by Crippen LogP contribution is 2.30. The first kappa shape index (κ1) is 17.0. The van der Waals surface area contributed by atoms with E-state index in [1.807, 2.05) is 4.90 Å². The van der Waals surface area contributed by atoms with Crippen molar-refractivity contribution in [3.8, 4) is 0 Å². The van der Waals surface area contributed by atoms with Crippen LogP contribution in [0.25, 0.3) is 6.08 Å². The molecule has 2 N–H and O–H groups in total. The number of anilines is 1. The average Bonchev–Trinajstić information content (AvgIpc) is 2.58. The van der Waals surface area contributed by atoms with Crippen molar-refractivity contribution < 1.29 is 19.2 Å². The van der Waals surface area contributed by atoms with Crippen LogP contribution in [0.1, 0.15) is 5.56 Å². The number of benzene rings is 1. The molecule has 2 heterocycles. The third-order valence-electron chi connectivity index (χ3n) is 3.80. The first-order chi connectivity index (χ1) is 12.0. The van der Waals surface area contributed by atoms with Crippen molar-refractivity contribution in [1.29, 1.82) is 0 Å². The summed E-state index contributed by atoms with van der Waals surface area (Å²) in [4.78, 5) is 36.6. The zero-order valence-corrected chi connectivity index (χ0v) is 13.8. The van der Waals surface area contributed by atoms with Crippen LogP contribution in [0.2, 0.25) is 0 Å². The molecule has 10 heteroatoms. The summed E-state index contributed by atoms with van der Waals surface area (Å²) in [6.45, 7) is 2.12. The van der Waals surface area contributed by atoms with E-state index in [2.05, 4.69) is 10.6 Å². The van der Waals surface area contributed by atoms with Gasteiger partial charge in [-0.15, -0.1) is 0 Å². The largest absolute Gasteiger partial charge is 0.378 e. The van der Waals surface area contributed by atoms with Gasteiger partial charge in [-0.1, -0.05) is 6.07 Å². The summed E-state index contributed by atoms with van der Waals surface area (Å²) < 4.78 is 5.26. The van der Waals surface area contributed by atoms with E-state index >= 15 is 0 Å². The van der Waals surface area contributed by atoms with Crippen molar-refractivity contribution in [2.45, 2.75) is 0 Å². The molecule has 2 amide bonds. The number of nitrogens with one attached hydrogen (secondary N) is 2. The Kier molecular flexibility index (Phi) is 4.72. The van der Waals surface area contributed by atoms with Crippen molar-refractivity contribution in [2.75, 3.05) is 31.2 Å². The molecule has 0 saturated carbocycles. The number of ether oxygens (including phenoxy) is 1. The lowest BCUT2D eigenvalue weighted by Crippen LogP contribution is -2.51. The van der Waals surface area contributed by atoms with Crippen LogP contribution in [0.3, 0.4) is 0 Å². The van der Waals surface area contributed by atoms with Gasteiger partial charge in [0.15, 0.2) is 5.11 Å². The predicted molar refractivity (Wildman–Crippen MR) is 93.0 cm³/mol. The summed E-state index contributed by atoms with van der Waals surface area (Å²) in [5.41, 5.74) is 0.594. The quantitative estimate of drug-likeness (QED) is 0.262. The highest BCUT2D eigenvalue weighted by atomic mass is 32.1. The second-order valence-electron chi connectivity index (χ2n) is 5.40. The third kappa shape index (κ3) is 3.64. The number of hydrogen-bond acceptors (Lipinski definition) is 7. The maximum Gasteiger partial charge on any atom is 0.293 e. The molecule has 0 unspecified atom stereocenters. The molecule has 25 heavy (non-hydrogen) atoms. The van der Waals surface area contributed by atoms with Gasteiger partial charge in [0.1, 0.15) is 11.3 Å². The molecule has 0 aromatic heterocycles. The van der Waals surface area contributed by atoms with Crippen LogP contribution in [0.5, 0.6) is 0 Å². The Morgan fingerprint density at radius 3 is 2.44 bits per heavy atom. The molecule has 3 rings (SSSR count). The molecule has 2 aliphatic rings. The maximum absolute atomic E-state index is 11.9. The van der Waals surface area contributed by atoms with Crippen molar-refractivity contribution in [3.05, 3.63) is 39.4 Å². The summed E-state index contributed by atoms with van der Waals surface area (Å²) in [7, 11) is 0. The Bertz CT molecular complexity index is 779. The van der Waals surface area contributed by atoms with Crippen LogP contribution in [0, 0.1) is 10.1 Å². The molecule has 130 valence electrons. The zero-order chi connectivity index (χ0) is 18.0. The number of rotatable bonds is 3. The standard InChI is InChI=1S/C15H14N4O5S/c20-13-10(14(21)17-15(25)16-13)7-9-1-2-11(12(8-9)19(22)23)18-3-5-24-6-4-18/h1-2,7-8H,3-6H2,(H2,16,17,20,21,25). The minimum absolute atomic E-state index is 0.0687. The monoisotopic (exact) mass is 362 g/mol. The number of morpholine rings is 1. The number of hydrogen-bond donors (Lipinski definition) is 2. The second-order valence-corrected chi connectivity index (χ2v) is 5.81. The van der Waals surface area contributed by atoms with Crippen LogP contribution in [0.4, 0.5) is 11.4 Å². The molecule has 1 aromatic rings. The SMILES string of the molecule is O=C1NC(=S)NC(=O)C1=Cc1ccc(N2CCOCC2)c([N+](=O)[O-])c1. The zero-order valence-electron chi connectivity index (χ0n) is 13.0. The predicted octanol–water partition coefficient (Wildman–Crippen LogP) is 0.346. The first-order valence-corrected chi connectivity index (χ1v) is 7.86. The number of nitrogens with zero attached hydrogens (tertiary/aromatic N) is 2. The molecular weight excluding hydrogens is 348 g/mol. The fourth-order valence-corrected chi connectivity index (χ4v) is 2.81. The Morgan fingerprint density at radius 2 is 1.84 bits per heavy atom. The number of nitro groups is 1. The van der Waals surface area contributed by atoms with Gasteiger partial charge in [-0.25, -0.2) is 0 Å². The Balaban J connectivity index is 1.95. The number of thiocarbonyl (C=S) groups is 1. The van der Waals surface area contributed by atoms with Crippen molar-refractivity contribution in [1.82, 2.24) is 10.6 Å². The first-order valence-electron chi connectivity index (χ1n) is 7.45. The number of carbonyl (C=O) groups is 2. The topological polar surface area (TPSA) is 114 Å². The van der Waals surface area contributed by atoms with Crippen molar-refractivity contribution in [3.63, 3.8) is 0 Å². The number of amides is 2. The van der Waals surface area contributed by atoms with E-state index in [4.69, 9.17) is 17.0 Å². The smallest absolute Gasteiger partial charge is 0.293 e. The number of nitro benzene ring substituents is 1. The van der Waals surface area contributed by atoms with Crippen LogP contribution in [0.15, 0.2) is 23.8 Å². The lowest BCUT2D eigenvalue weighted by atomic mass is 10.1. The maximum atomic E-state index is 11.9. The third-order valence-corrected chi connectivity index (χ3v) is 4.01. The van der Waals surface area contributed by atoms with E-state index in [0.29, 0.717) is 37.6 Å². The summed E-state index contributed by atoms with van der Waals surface area (Å²) in [6.07, 6.45) is 1.29. The van der Waals surface area contributed by atoms with E-state index in [0.717, 1.165) is 0 Å². The summed E-state index contributed by atoms with van der Waals surface area (Å²) in [6, 6.07) is 4.57. The Labute approximate surface area is 147 Å². The van der Waals surface area contributed by atoms with Crippen LogP contribution >= 0.6 is 12.2 Å². The van der Waals surface area contributed by atoms with E-state index in [1.54, 1.807) is 12.1 Å². The minimum atomic E-state index is -0.645. The van der Waals surface area contributed by atoms with Gasteiger partial charge in [-0.2, -0.15) is 0 Å². The van der Waals surface area contributed by atoms with Crippen LogP contribution in [-0.2, 0) is 14.3 Å². The minimum Gasteiger partial charge on any atom is -0.378 e. The molecule has 0 radical (unpaired) electrons. The molecular formula is C15H14N4O5S. The molecule has 2 saturated heterocycles. The highest BCUT2D eigenvalue weighted by molar-refractivity contribution is 7.80. The van der Waals surface area contributed by atoms with E-state index in [9.17, 15) is 19.7 Å². The van der Waals surface area contributed by atoms with Gasteiger partial charge in [0.2, 0.25) is 0 Å². The van der Waals surface area contributed by atoms with Crippen molar-refractivity contribution in [2.24, 2.45) is 0 Å². The summed E-state index contributed by atoms with van der Waals surface area (Å²) in [5.74, 6) is -1.29. The Morgan fingerprint density at radius 1 is 1.20 bits per heavy atom. The van der Waals surface area contributed by atoms with Gasteiger partial charge in [0, 0.05) is 19.2 Å². The summed E-state index contributed by atoms with van der Waals surface area (Å²) in [5, 5.41) is 16.0. The molecule has 9 nitrogen and oxygen atoms in total. The Hall–Kier alpha value is -2.85.